The van der Waals surface area contributed by atoms with Crippen molar-refractivity contribution in [2.75, 3.05) is 20.6 Å². The molecule has 0 saturated heterocycles. The molecule has 70 valence electrons. The van der Waals surface area contributed by atoms with Gasteiger partial charge in [0.25, 0.3) is 0 Å². The van der Waals surface area contributed by atoms with Crippen LogP contribution in [0.5, 0.6) is 0 Å². The van der Waals surface area contributed by atoms with Crippen LogP contribution in [-0.2, 0) is 0 Å². The van der Waals surface area contributed by atoms with Crippen molar-refractivity contribution in [3.63, 3.8) is 0 Å². The molecule has 0 spiro atoms. The van der Waals surface area contributed by atoms with Crippen LogP contribution < -0.4 is 0 Å². The normalized spacial score (nSPS) is 13.8. The van der Waals surface area contributed by atoms with Crippen LogP contribution in [0, 0.1) is 5.92 Å². The van der Waals surface area contributed by atoms with E-state index < -0.39 is 0 Å². The minimum atomic E-state index is 0.646. The maximum atomic E-state index is 2.24. The molecule has 0 aliphatic heterocycles. The number of hydrogen-bond donors (Lipinski definition) is 0. The van der Waals surface area contributed by atoms with Gasteiger partial charge in [0.2, 0.25) is 0 Å². The van der Waals surface area contributed by atoms with E-state index in [2.05, 4.69) is 58.0 Å². The number of likely N-dealkylation sites (N-methyl/N-ethyl adjacent to an activating group) is 1. The third-order valence-corrected chi connectivity index (χ3v) is 1.52. The summed E-state index contributed by atoms with van der Waals surface area (Å²) in [5, 5.41) is 0. The van der Waals surface area contributed by atoms with Gasteiger partial charge in [-0.15, -0.1) is 0 Å². The summed E-state index contributed by atoms with van der Waals surface area (Å²) in [6, 6.07) is 0. The Balaban J connectivity index is 3.85. The van der Waals surface area contributed by atoms with Crippen LogP contribution >= 0.6 is 0 Å². The van der Waals surface area contributed by atoms with Gasteiger partial charge in [-0.05, 0) is 26.9 Å². The lowest BCUT2D eigenvalue weighted by Crippen LogP contribution is -2.10. The second-order valence-electron chi connectivity index (χ2n) is 3.81. The molecule has 0 fully saturated rings. The lowest BCUT2D eigenvalue weighted by atomic mass is 10.1. The Morgan fingerprint density at radius 1 is 1.33 bits per heavy atom. The average molecular weight is 167 g/mol. The zero-order valence-corrected chi connectivity index (χ0v) is 8.96. The average Bonchev–Trinajstić information content (AvgIpc) is 1.96. The summed E-state index contributed by atoms with van der Waals surface area (Å²) >= 11 is 0. The van der Waals surface area contributed by atoms with Gasteiger partial charge in [-0.1, -0.05) is 37.6 Å². The minimum Gasteiger partial charge on any atom is -0.306 e. The van der Waals surface area contributed by atoms with E-state index in [1.807, 2.05) is 0 Å². The Bertz CT molecular complexity index is 164. The van der Waals surface area contributed by atoms with E-state index in [1.165, 1.54) is 5.57 Å². The summed E-state index contributed by atoms with van der Waals surface area (Å²) in [6.45, 7) is 7.54. The van der Waals surface area contributed by atoms with Gasteiger partial charge >= 0.3 is 0 Å². The van der Waals surface area contributed by atoms with Gasteiger partial charge in [0.15, 0.2) is 0 Å². The first-order valence-corrected chi connectivity index (χ1v) is 4.52. The molecule has 0 aliphatic rings. The molecule has 0 bridgehead atoms. The maximum absolute atomic E-state index is 2.24. The van der Waals surface area contributed by atoms with Gasteiger partial charge in [0, 0.05) is 6.54 Å². The van der Waals surface area contributed by atoms with Crippen molar-refractivity contribution in [2.24, 2.45) is 5.92 Å². The fourth-order valence-electron chi connectivity index (χ4n) is 0.739. The Kier molecular flexibility index (Phi) is 5.73. The van der Waals surface area contributed by atoms with E-state index in [9.17, 15) is 0 Å². The number of hydrogen-bond acceptors (Lipinski definition) is 1. The second-order valence-corrected chi connectivity index (χ2v) is 3.81. The summed E-state index contributed by atoms with van der Waals surface area (Å²) < 4.78 is 0. The van der Waals surface area contributed by atoms with E-state index in [1.54, 1.807) is 0 Å². The Morgan fingerprint density at radius 2 is 1.92 bits per heavy atom. The van der Waals surface area contributed by atoms with Crippen molar-refractivity contribution in [1.82, 2.24) is 4.90 Å². The van der Waals surface area contributed by atoms with Gasteiger partial charge < -0.3 is 4.90 Å². The molecule has 1 nitrogen and oxygen atoms in total. The SMILES string of the molecule is CC(/C=C/C(C)C)=C\CN(C)C. The lowest BCUT2D eigenvalue weighted by Gasteiger charge is -2.04. The van der Waals surface area contributed by atoms with Crippen molar-refractivity contribution in [1.29, 1.82) is 0 Å². The van der Waals surface area contributed by atoms with Crippen LogP contribution in [0.2, 0.25) is 0 Å². The van der Waals surface area contributed by atoms with Crippen molar-refractivity contribution >= 4 is 0 Å². The number of nitrogens with zero attached hydrogens (tertiary/aromatic N) is 1. The highest BCUT2D eigenvalue weighted by atomic mass is 15.0. The van der Waals surface area contributed by atoms with Crippen LogP contribution in [0.4, 0.5) is 0 Å². The zero-order chi connectivity index (χ0) is 9.56. The third-order valence-electron chi connectivity index (χ3n) is 1.52. The first kappa shape index (κ1) is 11.4. The van der Waals surface area contributed by atoms with Gasteiger partial charge in [0.1, 0.15) is 0 Å². The Labute approximate surface area is 76.8 Å². The van der Waals surface area contributed by atoms with E-state index in [4.69, 9.17) is 0 Å². The maximum Gasteiger partial charge on any atom is 0.0162 e. The van der Waals surface area contributed by atoms with Crippen LogP contribution in [0.3, 0.4) is 0 Å². The van der Waals surface area contributed by atoms with Crippen LogP contribution in [-0.4, -0.2) is 25.5 Å². The van der Waals surface area contributed by atoms with Crippen LogP contribution in [0.15, 0.2) is 23.8 Å². The minimum absolute atomic E-state index is 0.646. The van der Waals surface area contributed by atoms with Gasteiger partial charge in [-0.3, -0.25) is 0 Å². The molecular formula is C11H21N. The third kappa shape index (κ3) is 7.55. The molecule has 0 saturated carbocycles. The van der Waals surface area contributed by atoms with E-state index in [0.29, 0.717) is 5.92 Å². The molecular weight excluding hydrogens is 146 g/mol. The van der Waals surface area contributed by atoms with Gasteiger partial charge in [0.05, 0.1) is 0 Å². The quantitative estimate of drug-likeness (QED) is 0.582. The molecule has 0 aliphatic carbocycles. The summed E-state index contributed by atoms with van der Waals surface area (Å²) in [5.74, 6) is 0.646. The molecule has 0 aromatic carbocycles. The molecule has 0 heterocycles. The van der Waals surface area contributed by atoms with Crippen molar-refractivity contribution in [2.45, 2.75) is 20.8 Å². The standard InChI is InChI=1S/C11H21N/c1-10(2)6-7-11(3)8-9-12(4)5/h6-8,10H,9H2,1-5H3/b7-6+,11-8+. The molecule has 0 N–H and O–H groups in total. The largest absolute Gasteiger partial charge is 0.306 e. The zero-order valence-electron chi connectivity index (χ0n) is 8.96. The molecule has 0 unspecified atom stereocenters. The highest BCUT2D eigenvalue weighted by molar-refractivity contribution is 5.16. The molecule has 0 rings (SSSR count). The van der Waals surface area contributed by atoms with Gasteiger partial charge in [-0.2, -0.15) is 0 Å². The molecule has 0 aromatic heterocycles. The predicted octanol–water partition coefficient (Wildman–Crippen LogP) is 2.71. The lowest BCUT2D eigenvalue weighted by molar-refractivity contribution is 0.456. The highest BCUT2D eigenvalue weighted by Crippen LogP contribution is 2.00. The summed E-state index contributed by atoms with van der Waals surface area (Å²) in [6.07, 6.45) is 6.65. The molecule has 0 aromatic rings. The monoisotopic (exact) mass is 167 g/mol. The first-order chi connectivity index (χ1) is 5.52. The van der Waals surface area contributed by atoms with Crippen molar-refractivity contribution < 1.29 is 0 Å². The summed E-state index contributed by atoms with van der Waals surface area (Å²) in [4.78, 5) is 2.16. The summed E-state index contributed by atoms with van der Waals surface area (Å²) in [5.41, 5.74) is 1.34. The molecule has 0 radical (unpaired) electrons. The Morgan fingerprint density at radius 3 is 2.33 bits per heavy atom. The van der Waals surface area contributed by atoms with Crippen LogP contribution in [0.25, 0.3) is 0 Å². The van der Waals surface area contributed by atoms with Gasteiger partial charge in [-0.25, -0.2) is 0 Å². The fourth-order valence-corrected chi connectivity index (χ4v) is 0.739. The number of rotatable bonds is 4. The molecule has 0 amide bonds. The highest BCUT2D eigenvalue weighted by Gasteiger charge is 1.87. The number of allylic oxidation sites excluding steroid dienone is 3. The van der Waals surface area contributed by atoms with E-state index in [-0.39, 0.29) is 0 Å². The Hall–Kier alpha value is -0.560. The molecule has 12 heavy (non-hydrogen) atoms. The van der Waals surface area contributed by atoms with E-state index in [0.717, 1.165) is 6.54 Å². The topological polar surface area (TPSA) is 3.24 Å². The summed E-state index contributed by atoms with van der Waals surface area (Å²) in [7, 11) is 4.16. The van der Waals surface area contributed by atoms with Crippen molar-refractivity contribution in [3.8, 4) is 0 Å². The first-order valence-electron chi connectivity index (χ1n) is 4.52. The molecule has 1 heteroatoms. The van der Waals surface area contributed by atoms with Crippen molar-refractivity contribution in [3.05, 3.63) is 23.8 Å². The predicted molar refractivity (Wildman–Crippen MR) is 56.3 cm³/mol. The van der Waals surface area contributed by atoms with Crippen LogP contribution in [0.1, 0.15) is 20.8 Å². The molecule has 0 atom stereocenters. The second kappa shape index (κ2) is 6.01. The smallest absolute Gasteiger partial charge is 0.0162 e. The fraction of sp³-hybridized carbons (Fsp3) is 0.636. The van der Waals surface area contributed by atoms with E-state index >= 15 is 0 Å².